The Morgan fingerprint density at radius 1 is 1.00 bits per heavy atom. The second-order valence-electron chi connectivity index (χ2n) is 9.85. The van der Waals surface area contributed by atoms with Crippen LogP contribution in [-0.2, 0) is 0 Å². The van der Waals surface area contributed by atoms with Crippen LogP contribution in [0.5, 0.6) is 0 Å². The van der Waals surface area contributed by atoms with Gasteiger partial charge in [0.1, 0.15) is 11.6 Å². The van der Waals surface area contributed by atoms with Crippen LogP contribution in [0.2, 0.25) is 0 Å². The number of anilines is 1. The highest BCUT2D eigenvalue weighted by Crippen LogP contribution is 2.36. The molecule has 1 unspecified atom stereocenters. The number of aryl methyl sites for hydroxylation is 4. The molecule has 0 radical (unpaired) electrons. The summed E-state index contributed by atoms with van der Waals surface area (Å²) in [6, 6.07) is 14.2. The van der Waals surface area contributed by atoms with Gasteiger partial charge in [0.2, 0.25) is 0 Å². The molecule has 2 heterocycles. The average molecular weight is 442 g/mol. The summed E-state index contributed by atoms with van der Waals surface area (Å²) in [5, 5.41) is 9.75. The van der Waals surface area contributed by atoms with Crippen LogP contribution in [0.1, 0.15) is 55.1 Å². The van der Waals surface area contributed by atoms with E-state index in [4.69, 9.17) is 9.97 Å². The van der Waals surface area contributed by atoms with E-state index in [-0.39, 0.29) is 0 Å². The lowest BCUT2D eigenvalue weighted by Gasteiger charge is -2.20. The maximum atomic E-state index is 4.96. The van der Waals surface area contributed by atoms with Crippen LogP contribution in [0, 0.1) is 27.7 Å². The molecule has 4 aromatic rings. The summed E-state index contributed by atoms with van der Waals surface area (Å²) < 4.78 is 2.33. The standard InChI is InChI=1S/C28H35N5/c1-17-14-18(2)26(19(3)15-17)33-24-13-9-8-12-23(24)25-27(31-21(5)32-28(25)33)29-16-20(4)30-22-10-6-7-11-22/h8-9,12-15,20,22,30H,6-7,10-11,16H2,1-5H3,(H,29,31,32). The fourth-order valence-electron chi connectivity index (χ4n) is 5.64. The van der Waals surface area contributed by atoms with Crippen LogP contribution < -0.4 is 10.6 Å². The number of rotatable bonds is 6. The van der Waals surface area contributed by atoms with E-state index < -0.39 is 0 Å². The molecule has 0 amide bonds. The summed E-state index contributed by atoms with van der Waals surface area (Å²) >= 11 is 0. The van der Waals surface area contributed by atoms with Gasteiger partial charge in [-0.25, -0.2) is 9.97 Å². The highest BCUT2D eigenvalue weighted by atomic mass is 15.1. The fraction of sp³-hybridized carbons (Fsp3) is 0.429. The summed E-state index contributed by atoms with van der Waals surface area (Å²) in [4.78, 5) is 9.82. The molecule has 1 atom stereocenters. The SMILES string of the molecule is Cc1cc(C)c(-n2c3ccccc3c3c(NCC(C)NC4CCCC4)nc(C)nc32)c(C)c1. The van der Waals surface area contributed by atoms with Crippen molar-refractivity contribution >= 4 is 27.8 Å². The van der Waals surface area contributed by atoms with Crippen molar-refractivity contribution in [3.8, 4) is 5.69 Å². The molecule has 33 heavy (non-hydrogen) atoms. The second-order valence-corrected chi connectivity index (χ2v) is 9.85. The molecule has 5 nitrogen and oxygen atoms in total. The van der Waals surface area contributed by atoms with Gasteiger partial charge < -0.3 is 10.6 Å². The first kappa shape index (κ1) is 21.9. The Balaban J connectivity index is 1.62. The Hall–Kier alpha value is -2.92. The van der Waals surface area contributed by atoms with E-state index in [9.17, 15) is 0 Å². The Labute approximate surface area is 196 Å². The van der Waals surface area contributed by atoms with Gasteiger partial charge >= 0.3 is 0 Å². The van der Waals surface area contributed by atoms with Gasteiger partial charge in [-0.15, -0.1) is 0 Å². The van der Waals surface area contributed by atoms with Crippen molar-refractivity contribution in [2.24, 2.45) is 0 Å². The molecule has 2 aromatic carbocycles. The third kappa shape index (κ3) is 4.10. The lowest BCUT2D eigenvalue weighted by atomic mass is 10.0. The Kier molecular flexibility index (Phi) is 5.83. The van der Waals surface area contributed by atoms with Crippen LogP contribution in [0.15, 0.2) is 36.4 Å². The smallest absolute Gasteiger partial charge is 0.151 e. The number of benzene rings is 2. The van der Waals surface area contributed by atoms with Crippen molar-refractivity contribution in [3.05, 3.63) is 58.9 Å². The van der Waals surface area contributed by atoms with Gasteiger partial charge in [-0.2, -0.15) is 0 Å². The number of fused-ring (bicyclic) bond motifs is 3. The molecule has 0 saturated heterocycles. The zero-order valence-corrected chi connectivity index (χ0v) is 20.5. The zero-order chi connectivity index (χ0) is 23.1. The van der Waals surface area contributed by atoms with Crippen molar-refractivity contribution < 1.29 is 0 Å². The summed E-state index contributed by atoms with van der Waals surface area (Å²) in [6.45, 7) is 11.6. The van der Waals surface area contributed by atoms with Crippen LogP contribution in [0.3, 0.4) is 0 Å². The van der Waals surface area contributed by atoms with Crippen molar-refractivity contribution in [3.63, 3.8) is 0 Å². The molecular formula is C28H35N5. The lowest BCUT2D eigenvalue weighted by Crippen LogP contribution is -2.39. The molecule has 2 N–H and O–H groups in total. The minimum Gasteiger partial charge on any atom is -0.368 e. The second kappa shape index (κ2) is 8.79. The Bertz CT molecular complexity index is 1290. The molecule has 172 valence electrons. The minimum absolute atomic E-state index is 0.383. The highest BCUT2D eigenvalue weighted by Gasteiger charge is 2.21. The van der Waals surface area contributed by atoms with Gasteiger partial charge in [0.25, 0.3) is 0 Å². The number of para-hydroxylation sites is 1. The van der Waals surface area contributed by atoms with Crippen molar-refractivity contribution in [2.45, 2.75) is 72.4 Å². The van der Waals surface area contributed by atoms with Gasteiger partial charge in [0.15, 0.2) is 5.65 Å². The number of nitrogens with one attached hydrogen (secondary N) is 2. The first-order valence-electron chi connectivity index (χ1n) is 12.3. The van der Waals surface area contributed by atoms with E-state index >= 15 is 0 Å². The van der Waals surface area contributed by atoms with Crippen molar-refractivity contribution in [1.29, 1.82) is 0 Å². The van der Waals surface area contributed by atoms with E-state index in [0.717, 1.165) is 29.2 Å². The summed E-state index contributed by atoms with van der Waals surface area (Å²) in [5.41, 5.74) is 7.16. The van der Waals surface area contributed by atoms with E-state index in [1.807, 2.05) is 6.92 Å². The van der Waals surface area contributed by atoms with E-state index in [1.54, 1.807) is 0 Å². The molecule has 0 spiro atoms. The largest absolute Gasteiger partial charge is 0.368 e. The van der Waals surface area contributed by atoms with Gasteiger partial charge in [0.05, 0.1) is 16.6 Å². The molecule has 1 fully saturated rings. The first-order chi connectivity index (χ1) is 15.9. The molecule has 1 saturated carbocycles. The summed E-state index contributed by atoms with van der Waals surface area (Å²) in [7, 11) is 0. The molecule has 5 heteroatoms. The Morgan fingerprint density at radius 3 is 2.42 bits per heavy atom. The third-order valence-electron chi connectivity index (χ3n) is 6.94. The molecule has 2 aromatic heterocycles. The van der Waals surface area contributed by atoms with Gasteiger partial charge in [-0.1, -0.05) is 48.7 Å². The predicted molar refractivity (Wildman–Crippen MR) is 139 cm³/mol. The normalized spacial score (nSPS) is 15.5. The van der Waals surface area contributed by atoms with Gasteiger partial charge in [-0.3, -0.25) is 4.57 Å². The number of hydrogen-bond acceptors (Lipinski definition) is 4. The minimum atomic E-state index is 0.383. The van der Waals surface area contributed by atoms with Gasteiger partial charge in [-0.05, 0) is 64.7 Å². The molecule has 1 aliphatic rings. The molecule has 0 bridgehead atoms. The average Bonchev–Trinajstić information content (AvgIpc) is 3.38. The summed E-state index contributed by atoms with van der Waals surface area (Å²) in [5.74, 6) is 1.71. The van der Waals surface area contributed by atoms with E-state index in [0.29, 0.717) is 12.1 Å². The zero-order valence-electron chi connectivity index (χ0n) is 20.5. The Morgan fingerprint density at radius 2 is 1.70 bits per heavy atom. The van der Waals surface area contributed by atoms with E-state index in [2.05, 4.69) is 79.3 Å². The number of aromatic nitrogens is 3. The molecule has 1 aliphatic carbocycles. The number of nitrogens with zero attached hydrogens (tertiary/aromatic N) is 3. The van der Waals surface area contributed by atoms with Crippen LogP contribution in [-0.4, -0.2) is 33.2 Å². The lowest BCUT2D eigenvalue weighted by molar-refractivity contribution is 0.461. The maximum Gasteiger partial charge on any atom is 0.151 e. The predicted octanol–water partition coefficient (Wildman–Crippen LogP) is 6.14. The molecular weight excluding hydrogens is 406 g/mol. The molecule has 0 aliphatic heterocycles. The van der Waals surface area contributed by atoms with Crippen LogP contribution >= 0.6 is 0 Å². The fourth-order valence-corrected chi connectivity index (χ4v) is 5.64. The quantitative estimate of drug-likeness (QED) is 0.377. The highest BCUT2D eigenvalue weighted by molar-refractivity contribution is 6.13. The van der Waals surface area contributed by atoms with E-state index in [1.165, 1.54) is 59.0 Å². The molecule has 5 rings (SSSR count). The monoisotopic (exact) mass is 441 g/mol. The van der Waals surface area contributed by atoms with Crippen LogP contribution in [0.25, 0.3) is 27.6 Å². The van der Waals surface area contributed by atoms with Crippen LogP contribution in [0.4, 0.5) is 5.82 Å². The number of hydrogen-bond donors (Lipinski definition) is 2. The third-order valence-corrected chi connectivity index (χ3v) is 6.94. The maximum absolute atomic E-state index is 4.96. The van der Waals surface area contributed by atoms with Crippen molar-refractivity contribution in [1.82, 2.24) is 19.9 Å². The van der Waals surface area contributed by atoms with Crippen molar-refractivity contribution in [2.75, 3.05) is 11.9 Å². The first-order valence-corrected chi connectivity index (χ1v) is 12.3. The summed E-state index contributed by atoms with van der Waals surface area (Å²) in [6.07, 6.45) is 5.29. The van der Waals surface area contributed by atoms with Gasteiger partial charge in [0, 0.05) is 24.0 Å². The topological polar surface area (TPSA) is 54.8 Å².